The Bertz CT molecular complexity index is 1600. The van der Waals surface area contributed by atoms with Crippen molar-refractivity contribution in [2.75, 3.05) is 13.7 Å². The van der Waals surface area contributed by atoms with E-state index in [2.05, 4.69) is 15.3 Å². The van der Waals surface area contributed by atoms with Crippen molar-refractivity contribution < 1.29 is 23.4 Å². The van der Waals surface area contributed by atoms with Gasteiger partial charge in [-0.3, -0.25) is 4.79 Å². The molecule has 1 saturated carbocycles. The van der Waals surface area contributed by atoms with Gasteiger partial charge in [-0.25, -0.2) is 15.0 Å². The highest BCUT2D eigenvalue weighted by atomic mass is 19.3. The first-order valence-electron chi connectivity index (χ1n) is 13.2. The number of alkyl halides is 2. The lowest BCUT2D eigenvalue weighted by Crippen LogP contribution is -2.56. The molecule has 2 aromatic heterocycles. The first-order chi connectivity index (χ1) is 19.1. The predicted octanol–water partition coefficient (Wildman–Crippen LogP) is 3.94. The van der Waals surface area contributed by atoms with Crippen LogP contribution in [0.25, 0.3) is 22.2 Å². The molecule has 11 heteroatoms. The van der Waals surface area contributed by atoms with Crippen LogP contribution in [0.2, 0.25) is 0 Å². The molecular weight excluding hydrogens is 518 g/mol. The first-order valence-corrected chi connectivity index (χ1v) is 13.2. The number of amides is 1. The molecule has 0 unspecified atom stereocenters. The molecule has 4 aromatic rings. The Kier molecular flexibility index (Phi) is 6.30. The highest BCUT2D eigenvalue weighted by molar-refractivity contribution is 5.96. The number of aliphatic hydroxyl groups is 1. The molecule has 0 saturated heterocycles. The molecule has 1 fully saturated rings. The average molecular weight is 549 g/mol. The van der Waals surface area contributed by atoms with Crippen LogP contribution in [0.1, 0.15) is 59.8 Å². The number of aliphatic hydroxyl groups excluding tert-OH is 1. The molecule has 40 heavy (non-hydrogen) atoms. The molecule has 0 radical (unpaired) electrons. The fraction of sp³-hybridized carbons (Fsp3) is 0.379. The number of benzene rings is 2. The third kappa shape index (κ3) is 4.29. The summed E-state index contributed by atoms with van der Waals surface area (Å²) in [5.41, 5.74) is 9.54. The van der Waals surface area contributed by atoms with Gasteiger partial charge in [-0.05, 0) is 54.5 Å². The van der Waals surface area contributed by atoms with E-state index in [1.165, 1.54) is 19.2 Å². The van der Waals surface area contributed by atoms with E-state index in [1.807, 2.05) is 29.7 Å². The number of ether oxygens (including phenoxy) is 1. The van der Waals surface area contributed by atoms with Crippen molar-refractivity contribution >= 4 is 16.9 Å². The van der Waals surface area contributed by atoms with Gasteiger partial charge in [0.15, 0.2) is 0 Å². The maximum Gasteiger partial charge on any atom is 0.387 e. The topological polar surface area (TPSA) is 128 Å². The Hall–Kier alpha value is -3.96. The SMILES string of the molecule is CNC(=O)c1cccc(OC(F)F)c1[C@H]1CCc2nc3ccc(-c4cnc([C@]5(N)C[C@@](C)(CO)C5)nc4)cc3n21. The molecule has 0 bridgehead atoms. The fourth-order valence-corrected chi connectivity index (χ4v) is 6.41. The zero-order chi connectivity index (χ0) is 28.2. The highest BCUT2D eigenvalue weighted by Gasteiger charge is 2.51. The minimum atomic E-state index is -3.03. The maximum absolute atomic E-state index is 13.3. The molecule has 1 aliphatic heterocycles. The minimum absolute atomic E-state index is 0.0278. The van der Waals surface area contributed by atoms with Crippen molar-refractivity contribution in [3.63, 3.8) is 0 Å². The second-order valence-electron chi connectivity index (χ2n) is 11.1. The van der Waals surface area contributed by atoms with Crippen LogP contribution in [0.4, 0.5) is 8.78 Å². The number of hydrogen-bond acceptors (Lipinski definition) is 7. The summed E-state index contributed by atoms with van der Waals surface area (Å²) in [6.07, 6.45) is 5.90. The van der Waals surface area contributed by atoms with Gasteiger partial charge >= 0.3 is 6.61 Å². The number of nitrogens with zero attached hydrogens (tertiary/aromatic N) is 4. The normalized spacial score (nSPS) is 23.7. The van der Waals surface area contributed by atoms with Crippen molar-refractivity contribution in [3.05, 3.63) is 71.6 Å². The van der Waals surface area contributed by atoms with E-state index in [0.29, 0.717) is 37.1 Å². The molecule has 2 aliphatic rings. The van der Waals surface area contributed by atoms with Gasteiger partial charge in [-0.1, -0.05) is 19.1 Å². The fourth-order valence-electron chi connectivity index (χ4n) is 6.41. The summed E-state index contributed by atoms with van der Waals surface area (Å²) in [7, 11) is 1.50. The van der Waals surface area contributed by atoms with Gasteiger partial charge in [0, 0.05) is 49.2 Å². The van der Waals surface area contributed by atoms with Gasteiger partial charge in [0.05, 0.1) is 22.6 Å². The number of nitrogens with two attached hydrogens (primary N) is 1. The Morgan fingerprint density at radius 2 is 1.98 bits per heavy atom. The third-order valence-electron chi connectivity index (χ3n) is 8.10. The van der Waals surface area contributed by atoms with Crippen molar-refractivity contribution in [2.24, 2.45) is 11.1 Å². The molecule has 1 aliphatic carbocycles. The van der Waals surface area contributed by atoms with Gasteiger partial charge in [0.1, 0.15) is 17.4 Å². The summed E-state index contributed by atoms with van der Waals surface area (Å²) in [5.74, 6) is 0.945. The minimum Gasteiger partial charge on any atom is -0.434 e. The number of imidazole rings is 1. The molecule has 208 valence electrons. The van der Waals surface area contributed by atoms with Crippen molar-refractivity contribution in [1.29, 1.82) is 0 Å². The van der Waals surface area contributed by atoms with Crippen molar-refractivity contribution in [3.8, 4) is 16.9 Å². The zero-order valence-corrected chi connectivity index (χ0v) is 22.2. The summed E-state index contributed by atoms with van der Waals surface area (Å²) in [4.78, 5) is 26.6. The van der Waals surface area contributed by atoms with Crippen molar-refractivity contribution in [2.45, 2.75) is 50.8 Å². The monoisotopic (exact) mass is 548 g/mol. The molecule has 2 aromatic carbocycles. The Morgan fingerprint density at radius 3 is 2.65 bits per heavy atom. The highest BCUT2D eigenvalue weighted by Crippen LogP contribution is 2.51. The lowest BCUT2D eigenvalue weighted by atomic mass is 9.58. The van der Waals surface area contributed by atoms with Gasteiger partial charge in [0.2, 0.25) is 0 Å². The number of aryl methyl sites for hydroxylation is 1. The summed E-state index contributed by atoms with van der Waals surface area (Å²) in [6.45, 7) is -0.961. The zero-order valence-electron chi connectivity index (χ0n) is 22.2. The number of aromatic nitrogens is 4. The molecule has 1 atom stereocenters. The summed E-state index contributed by atoms with van der Waals surface area (Å²) in [6, 6.07) is 10.0. The quantitative estimate of drug-likeness (QED) is 0.319. The van der Waals surface area contributed by atoms with E-state index in [9.17, 15) is 18.7 Å². The van der Waals surface area contributed by atoms with Gasteiger partial charge in [-0.15, -0.1) is 0 Å². The lowest BCUT2D eigenvalue weighted by Gasteiger charge is -2.50. The molecule has 6 rings (SSSR count). The van der Waals surface area contributed by atoms with E-state index in [-0.39, 0.29) is 29.2 Å². The second-order valence-corrected chi connectivity index (χ2v) is 11.1. The maximum atomic E-state index is 13.3. The first kappa shape index (κ1) is 26.3. The number of carbonyl (C=O) groups excluding carboxylic acids is 1. The molecule has 9 nitrogen and oxygen atoms in total. The lowest BCUT2D eigenvalue weighted by molar-refractivity contribution is -0.0507. The molecule has 1 amide bonds. The second kappa shape index (κ2) is 9.60. The summed E-state index contributed by atoms with van der Waals surface area (Å²) < 4.78 is 33.6. The Morgan fingerprint density at radius 1 is 1.23 bits per heavy atom. The predicted molar refractivity (Wildman–Crippen MR) is 144 cm³/mol. The standard InChI is InChI=1S/C29H30F2N6O3/c1-28(15-38)13-29(32,14-28)26-34-11-17(12-35-26)16-6-7-19-21(10-16)37-20(8-9-23(37)36-19)24-18(25(39)33-2)4-3-5-22(24)40-27(30)31/h3-7,10-12,20,27,38H,8-9,13-15,32H2,1-2H3,(H,33,39)/t20-,28-,29+/m1/s1. The molecular formula is C29H30F2N6O3. The summed E-state index contributed by atoms with van der Waals surface area (Å²) in [5, 5.41) is 12.2. The molecule has 3 heterocycles. The van der Waals surface area contributed by atoms with Crippen LogP contribution in [0.5, 0.6) is 5.75 Å². The van der Waals surface area contributed by atoms with Gasteiger partial charge in [-0.2, -0.15) is 8.78 Å². The Balaban J connectivity index is 1.39. The van der Waals surface area contributed by atoms with E-state index in [1.54, 1.807) is 18.5 Å². The molecule has 0 spiro atoms. The number of hydrogen-bond donors (Lipinski definition) is 3. The Labute approximate surface area is 229 Å². The van der Waals surface area contributed by atoms with Gasteiger partial charge < -0.3 is 25.5 Å². The number of fused-ring (bicyclic) bond motifs is 3. The van der Waals surface area contributed by atoms with Crippen LogP contribution < -0.4 is 15.8 Å². The van der Waals surface area contributed by atoms with Gasteiger partial charge in [0.25, 0.3) is 5.91 Å². The van der Waals surface area contributed by atoms with E-state index in [0.717, 1.165) is 28.0 Å². The van der Waals surface area contributed by atoms with Crippen LogP contribution >= 0.6 is 0 Å². The van der Waals surface area contributed by atoms with Crippen LogP contribution in [0.15, 0.2) is 48.8 Å². The van der Waals surface area contributed by atoms with Crippen LogP contribution in [-0.4, -0.2) is 50.8 Å². The summed E-state index contributed by atoms with van der Waals surface area (Å²) >= 11 is 0. The van der Waals surface area contributed by atoms with E-state index >= 15 is 0 Å². The molecule has 4 N–H and O–H groups in total. The average Bonchev–Trinajstić information content (AvgIpc) is 3.50. The van der Waals surface area contributed by atoms with Crippen LogP contribution in [0.3, 0.4) is 0 Å². The number of nitrogens with one attached hydrogen (secondary N) is 1. The van der Waals surface area contributed by atoms with E-state index < -0.39 is 18.2 Å². The largest absolute Gasteiger partial charge is 0.434 e. The van der Waals surface area contributed by atoms with Crippen molar-refractivity contribution in [1.82, 2.24) is 24.8 Å². The third-order valence-corrected chi connectivity index (χ3v) is 8.10. The number of halogens is 2. The van der Waals surface area contributed by atoms with Crippen LogP contribution in [-0.2, 0) is 12.0 Å². The smallest absolute Gasteiger partial charge is 0.387 e. The number of rotatable bonds is 7. The van der Waals surface area contributed by atoms with Crippen LogP contribution in [0, 0.1) is 5.41 Å². The van der Waals surface area contributed by atoms with E-state index in [4.69, 9.17) is 15.5 Å². The number of carbonyl (C=O) groups is 1.